The minimum Gasteiger partial charge on any atom is -0.454 e. The SMILES string of the molecule is Cc1[nH]c2ccccc2c1C(=O)[C@H](C)OC(=O)Cc1c[nH]c2ccccc12. The zero-order chi connectivity index (χ0) is 19.0. The van der Waals surface area contributed by atoms with Crippen molar-refractivity contribution < 1.29 is 14.3 Å². The van der Waals surface area contributed by atoms with Crippen molar-refractivity contribution in [1.82, 2.24) is 9.97 Å². The molecule has 4 rings (SSSR count). The first-order valence-electron chi connectivity index (χ1n) is 8.90. The molecule has 0 bridgehead atoms. The van der Waals surface area contributed by atoms with Crippen molar-refractivity contribution in [2.75, 3.05) is 0 Å². The molecule has 2 heterocycles. The Morgan fingerprint density at radius 1 is 1.00 bits per heavy atom. The van der Waals surface area contributed by atoms with Crippen molar-refractivity contribution in [3.8, 4) is 0 Å². The Morgan fingerprint density at radius 2 is 1.67 bits per heavy atom. The average molecular weight is 360 g/mol. The number of hydrogen-bond donors (Lipinski definition) is 2. The molecule has 27 heavy (non-hydrogen) atoms. The van der Waals surface area contributed by atoms with E-state index in [4.69, 9.17) is 4.74 Å². The van der Waals surface area contributed by atoms with E-state index >= 15 is 0 Å². The molecule has 1 atom stereocenters. The first-order valence-corrected chi connectivity index (χ1v) is 8.90. The number of fused-ring (bicyclic) bond motifs is 2. The lowest BCUT2D eigenvalue weighted by Gasteiger charge is -2.12. The van der Waals surface area contributed by atoms with Crippen molar-refractivity contribution in [3.05, 3.63) is 71.5 Å². The summed E-state index contributed by atoms with van der Waals surface area (Å²) in [6, 6.07) is 15.4. The van der Waals surface area contributed by atoms with Gasteiger partial charge >= 0.3 is 5.97 Å². The third-order valence-corrected chi connectivity index (χ3v) is 4.83. The van der Waals surface area contributed by atoms with Gasteiger partial charge in [-0.15, -0.1) is 0 Å². The molecule has 0 aliphatic rings. The zero-order valence-electron chi connectivity index (χ0n) is 15.2. The molecule has 0 fully saturated rings. The molecule has 2 aromatic heterocycles. The lowest BCUT2D eigenvalue weighted by molar-refractivity contribution is -0.145. The smallest absolute Gasteiger partial charge is 0.311 e. The number of Topliss-reactive ketones (excluding diaryl/α,β-unsaturated/α-hetero) is 1. The molecule has 0 aliphatic carbocycles. The summed E-state index contributed by atoms with van der Waals surface area (Å²) in [4.78, 5) is 31.6. The molecule has 4 aromatic rings. The number of benzene rings is 2. The lowest BCUT2D eigenvalue weighted by Crippen LogP contribution is -2.25. The summed E-state index contributed by atoms with van der Waals surface area (Å²) >= 11 is 0. The van der Waals surface area contributed by atoms with Gasteiger partial charge in [0, 0.05) is 39.3 Å². The van der Waals surface area contributed by atoms with Crippen LogP contribution in [0.2, 0.25) is 0 Å². The number of nitrogens with one attached hydrogen (secondary N) is 2. The molecule has 0 saturated carbocycles. The van der Waals surface area contributed by atoms with E-state index in [0.717, 1.165) is 33.1 Å². The second-order valence-corrected chi connectivity index (χ2v) is 6.70. The Labute approximate surface area is 156 Å². The predicted molar refractivity (Wildman–Crippen MR) is 105 cm³/mol. The highest BCUT2D eigenvalue weighted by molar-refractivity contribution is 6.11. The molecule has 2 N–H and O–H groups in total. The number of aromatic amines is 2. The standard InChI is InChI=1S/C22H20N2O3/c1-13-21(17-8-4-6-10-19(17)24-13)22(26)14(2)27-20(25)11-15-12-23-18-9-5-3-7-16(15)18/h3-10,12,14,23-24H,11H2,1-2H3/t14-/m0/s1. The fourth-order valence-electron chi connectivity index (χ4n) is 3.52. The van der Waals surface area contributed by atoms with Crippen molar-refractivity contribution in [2.24, 2.45) is 0 Å². The highest BCUT2D eigenvalue weighted by Crippen LogP contribution is 2.24. The summed E-state index contributed by atoms with van der Waals surface area (Å²) < 4.78 is 5.45. The summed E-state index contributed by atoms with van der Waals surface area (Å²) in [5.41, 5.74) is 4.09. The number of aryl methyl sites for hydroxylation is 1. The van der Waals surface area contributed by atoms with Gasteiger partial charge < -0.3 is 14.7 Å². The quantitative estimate of drug-likeness (QED) is 0.411. The highest BCUT2D eigenvalue weighted by atomic mass is 16.5. The Kier molecular flexibility index (Phi) is 4.28. The second-order valence-electron chi connectivity index (χ2n) is 6.70. The Balaban J connectivity index is 1.51. The maximum absolute atomic E-state index is 12.9. The molecule has 2 aromatic carbocycles. The normalized spacial score (nSPS) is 12.4. The van der Waals surface area contributed by atoms with Gasteiger partial charge in [-0.3, -0.25) is 9.59 Å². The van der Waals surface area contributed by atoms with Crippen LogP contribution in [-0.4, -0.2) is 27.8 Å². The van der Waals surface area contributed by atoms with E-state index in [2.05, 4.69) is 9.97 Å². The molecule has 5 nitrogen and oxygen atoms in total. The first-order chi connectivity index (χ1) is 13.0. The number of rotatable bonds is 5. The molecular weight excluding hydrogens is 340 g/mol. The summed E-state index contributed by atoms with van der Waals surface area (Å²) in [6.07, 6.45) is 1.08. The van der Waals surface area contributed by atoms with Crippen LogP contribution in [0.15, 0.2) is 54.7 Å². The maximum atomic E-state index is 12.9. The number of para-hydroxylation sites is 2. The molecule has 0 spiro atoms. The summed E-state index contributed by atoms with van der Waals surface area (Å²) in [7, 11) is 0. The van der Waals surface area contributed by atoms with Crippen LogP contribution in [0.5, 0.6) is 0 Å². The number of H-pyrrole nitrogens is 2. The minimum atomic E-state index is -0.847. The van der Waals surface area contributed by atoms with E-state index in [1.54, 1.807) is 6.92 Å². The van der Waals surface area contributed by atoms with Crippen molar-refractivity contribution in [2.45, 2.75) is 26.4 Å². The van der Waals surface area contributed by atoms with Gasteiger partial charge in [-0.1, -0.05) is 36.4 Å². The van der Waals surface area contributed by atoms with Crippen LogP contribution >= 0.6 is 0 Å². The number of ether oxygens (including phenoxy) is 1. The number of carbonyl (C=O) groups excluding carboxylic acids is 2. The van der Waals surface area contributed by atoms with Gasteiger partial charge in [-0.25, -0.2) is 0 Å². The first kappa shape index (κ1) is 17.1. The van der Waals surface area contributed by atoms with Crippen molar-refractivity contribution >= 4 is 33.6 Å². The third kappa shape index (κ3) is 3.12. The molecule has 0 aliphatic heterocycles. The molecule has 0 amide bonds. The van der Waals surface area contributed by atoms with Crippen LogP contribution in [-0.2, 0) is 16.0 Å². The largest absolute Gasteiger partial charge is 0.454 e. The average Bonchev–Trinajstić information content (AvgIpc) is 3.21. The van der Waals surface area contributed by atoms with Gasteiger partial charge in [0.15, 0.2) is 6.10 Å². The zero-order valence-corrected chi connectivity index (χ0v) is 15.2. The molecule has 5 heteroatoms. The highest BCUT2D eigenvalue weighted by Gasteiger charge is 2.24. The molecule has 0 saturated heterocycles. The van der Waals surface area contributed by atoms with E-state index in [1.807, 2.05) is 61.7 Å². The second kappa shape index (κ2) is 6.76. The number of carbonyl (C=O) groups is 2. The van der Waals surface area contributed by atoms with E-state index in [9.17, 15) is 9.59 Å². The summed E-state index contributed by atoms with van der Waals surface area (Å²) in [5, 5.41) is 1.83. The number of hydrogen-bond acceptors (Lipinski definition) is 3. The van der Waals surface area contributed by atoms with Crippen LogP contribution in [0.1, 0.15) is 28.5 Å². The fraction of sp³-hybridized carbons (Fsp3) is 0.182. The van der Waals surface area contributed by atoms with Crippen LogP contribution in [0.4, 0.5) is 0 Å². The Hall–Kier alpha value is -3.34. The minimum absolute atomic E-state index is 0.120. The third-order valence-electron chi connectivity index (χ3n) is 4.83. The molecular formula is C22H20N2O3. The van der Waals surface area contributed by atoms with Crippen LogP contribution in [0.3, 0.4) is 0 Å². The van der Waals surface area contributed by atoms with Gasteiger partial charge in [-0.05, 0) is 31.5 Å². The van der Waals surface area contributed by atoms with Crippen molar-refractivity contribution in [1.29, 1.82) is 0 Å². The number of esters is 1. The van der Waals surface area contributed by atoms with E-state index in [0.29, 0.717) is 5.56 Å². The topological polar surface area (TPSA) is 75.0 Å². The predicted octanol–water partition coefficient (Wildman–Crippen LogP) is 4.31. The van der Waals surface area contributed by atoms with Gasteiger partial charge in [0.25, 0.3) is 0 Å². The number of aromatic nitrogens is 2. The molecule has 0 radical (unpaired) electrons. The molecule has 0 unspecified atom stereocenters. The maximum Gasteiger partial charge on any atom is 0.311 e. The van der Waals surface area contributed by atoms with Gasteiger partial charge in [-0.2, -0.15) is 0 Å². The van der Waals surface area contributed by atoms with Crippen LogP contribution < -0.4 is 0 Å². The summed E-state index contributed by atoms with van der Waals surface area (Å²) in [5.74, 6) is -0.615. The number of ketones is 1. The monoisotopic (exact) mass is 360 g/mol. The Bertz CT molecular complexity index is 1150. The fourth-order valence-corrected chi connectivity index (χ4v) is 3.52. The van der Waals surface area contributed by atoms with Gasteiger partial charge in [0.1, 0.15) is 0 Å². The molecule has 136 valence electrons. The lowest BCUT2D eigenvalue weighted by atomic mass is 10.0. The van der Waals surface area contributed by atoms with Crippen LogP contribution in [0, 0.1) is 6.92 Å². The van der Waals surface area contributed by atoms with Gasteiger partial charge in [0.2, 0.25) is 5.78 Å². The van der Waals surface area contributed by atoms with Crippen LogP contribution in [0.25, 0.3) is 21.8 Å². The Morgan fingerprint density at radius 3 is 2.44 bits per heavy atom. The summed E-state index contributed by atoms with van der Waals surface area (Å²) in [6.45, 7) is 3.48. The van der Waals surface area contributed by atoms with E-state index in [1.165, 1.54) is 0 Å². The van der Waals surface area contributed by atoms with E-state index in [-0.39, 0.29) is 12.2 Å². The van der Waals surface area contributed by atoms with Crippen molar-refractivity contribution in [3.63, 3.8) is 0 Å². The van der Waals surface area contributed by atoms with Gasteiger partial charge in [0.05, 0.1) is 6.42 Å². The van der Waals surface area contributed by atoms with E-state index < -0.39 is 12.1 Å².